The van der Waals surface area contributed by atoms with Crippen molar-refractivity contribution >= 4 is 45.4 Å². The zero-order valence-corrected chi connectivity index (χ0v) is 14.3. The summed E-state index contributed by atoms with van der Waals surface area (Å²) in [5.74, 6) is 0. The first-order valence-electron chi connectivity index (χ1n) is 7.97. The predicted octanol–water partition coefficient (Wildman–Crippen LogP) is 6.39. The van der Waals surface area contributed by atoms with Gasteiger partial charge >= 0.3 is 0 Å². The quantitative estimate of drug-likeness (QED) is 0.318. The van der Waals surface area contributed by atoms with E-state index in [1.165, 1.54) is 0 Å². The summed E-state index contributed by atoms with van der Waals surface area (Å²) in [4.78, 5) is 9.07. The van der Waals surface area contributed by atoms with Gasteiger partial charge in [0.1, 0.15) is 0 Å². The molecule has 3 heteroatoms. The molecule has 0 bridgehead atoms. The minimum absolute atomic E-state index is 0.222. The molecule has 1 heterocycles. The van der Waals surface area contributed by atoms with Crippen molar-refractivity contribution < 1.29 is 0 Å². The fourth-order valence-corrected chi connectivity index (χ4v) is 3.49. The summed E-state index contributed by atoms with van der Waals surface area (Å²) in [6.07, 6.45) is 3.65. The van der Waals surface area contributed by atoms with E-state index in [4.69, 9.17) is 11.6 Å². The number of halogens is 1. The molecule has 0 amide bonds. The molecule has 0 N–H and O–H groups in total. The van der Waals surface area contributed by atoms with Gasteiger partial charge < -0.3 is 0 Å². The largest absolute Gasteiger partial charge is 0.223 e. The van der Waals surface area contributed by atoms with Crippen molar-refractivity contribution in [3.8, 4) is 11.3 Å². The standard InChI is InChI=1S/C22H15ClN2/c1-3-15-16(4-2)21-19(18-13-9-8-12-17(15)18)20(24-22(23)25-21)14-10-6-5-7-11-14/h3-13H,1-2H2. The number of rotatable bonds is 3. The minimum Gasteiger partial charge on any atom is -0.217 e. The van der Waals surface area contributed by atoms with Crippen LogP contribution in [0, 0.1) is 0 Å². The van der Waals surface area contributed by atoms with Crippen LogP contribution in [0.5, 0.6) is 0 Å². The summed E-state index contributed by atoms with van der Waals surface area (Å²) < 4.78 is 0. The lowest BCUT2D eigenvalue weighted by Crippen LogP contribution is -1.97. The number of benzene rings is 3. The molecule has 120 valence electrons. The van der Waals surface area contributed by atoms with Crippen LogP contribution in [-0.2, 0) is 0 Å². The Balaban J connectivity index is 2.32. The Kier molecular flexibility index (Phi) is 3.83. The van der Waals surface area contributed by atoms with Crippen LogP contribution in [0.15, 0.2) is 67.8 Å². The average molecular weight is 343 g/mol. The second-order valence-corrected chi connectivity index (χ2v) is 6.05. The van der Waals surface area contributed by atoms with Gasteiger partial charge in [-0.25, -0.2) is 9.97 Å². The molecule has 4 aromatic rings. The van der Waals surface area contributed by atoms with Crippen LogP contribution >= 0.6 is 11.6 Å². The molecule has 25 heavy (non-hydrogen) atoms. The number of hydrogen-bond acceptors (Lipinski definition) is 2. The number of nitrogens with zero attached hydrogens (tertiary/aromatic N) is 2. The van der Waals surface area contributed by atoms with Crippen LogP contribution in [0.25, 0.3) is 45.1 Å². The molecule has 0 fully saturated rings. The van der Waals surface area contributed by atoms with Gasteiger partial charge in [-0.1, -0.05) is 79.9 Å². The van der Waals surface area contributed by atoms with Gasteiger partial charge in [-0.15, -0.1) is 0 Å². The number of fused-ring (bicyclic) bond motifs is 3. The van der Waals surface area contributed by atoms with Crippen molar-refractivity contribution in [1.82, 2.24) is 9.97 Å². The first-order valence-corrected chi connectivity index (χ1v) is 8.34. The highest BCUT2D eigenvalue weighted by atomic mass is 35.5. The van der Waals surface area contributed by atoms with Gasteiger partial charge in [0.15, 0.2) is 0 Å². The zero-order valence-electron chi connectivity index (χ0n) is 13.5. The topological polar surface area (TPSA) is 25.8 Å². The highest BCUT2D eigenvalue weighted by Crippen LogP contribution is 2.38. The summed E-state index contributed by atoms with van der Waals surface area (Å²) in [5, 5.41) is 3.38. The zero-order chi connectivity index (χ0) is 17.4. The molecule has 0 spiro atoms. The minimum atomic E-state index is 0.222. The number of hydrogen-bond donors (Lipinski definition) is 0. The van der Waals surface area contributed by atoms with Gasteiger partial charge in [-0.3, -0.25) is 0 Å². The lowest BCUT2D eigenvalue weighted by Gasteiger charge is -2.15. The van der Waals surface area contributed by atoms with Gasteiger partial charge in [-0.2, -0.15) is 0 Å². The van der Waals surface area contributed by atoms with E-state index in [1.807, 2.05) is 54.6 Å². The molecule has 0 saturated heterocycles. The molecular formula is C22H15ClN2. The van der Waals surface area contributed by atoms with Gasteiger partial charge in [0.05, 0.1) is 11.2 Å². The van der Waals surface area contributed by atoms with E-state index in [0.29, 0.717) is 0 Å². The molecule has 0 unspecified atom stereocenters. The molecule has 2 nitrogen and oxygen atoms in total. The van der Waals surface area contributed by atoms with Crippen LogP contribution in [0.3, 0.4) is 0 Å². The molecular weight excluding hydrogens is 328 g/mol. The van der Waals surface area contributed by atoms with Crippen molar-refractivity contribution in [2.75, 3.05) is 0 Å². The Morgan fingerprint density at radius 3 is 2.08 bits per heavy atom. The Bertz CT molecular complexity index is 1130. The maximum Gasteiger partial charge on any atom is 0.223 e. The monoisotopic (exact) mass is 342 g/mol. The molecule has 0 atom stereocenters. The van der Waals surface area contributed by atoms with Crippen molar-refractivity contribution in [3.05, 3.63) is 84.2 Å². The summed E-state index contributed by atoms with van der Waals surface area (Å²) in [7, 11) is 0. The van der Waals surface area contributed by atoms with Crippen LogP contribution in [0.4, 0.5) is 0 Å². The van der Waals surface area contributed by atoms with Crippen molar-refractivity contribution in [3.63, 3.8) is 0 Å². The third kappa shape index (κ3) is 2.43. The molecule has 0 aliphatic rings. The van der Waals surface area contributed by atoms with E-state index in [0.717, 1.165) is 44.1 Å². The third-order valence-electron chi connectivity index (χ3n) is 4.37. The maximum absolute atomic E-state index is 6.27. The Hall–Kier alpha value is -2.97. The first kappa shape index (κ1) is 15.6. The third-order valence-corrected chi connectivity index (χ3v) is 4.54. The van der Waals surface area contributed by atoms with E-state index in [1.54, 1.807) is 0 Å². The summed E-state index contributed by atoms with van der Waals surface area (Å²) >= 11 is 6.27. The lowest BCUT2D eigenvalue weighted by molar-refractivity contribution is 1.22. The second-order valence-electron chi connectivity index (χ2n) is 5.71. The molecule has 0 aliphatic carbocycles. The molecule has 1 aromatic heterocycles. The van der Waals surface area contributed by atoms with Gasteiger partial charge in [0.2, 0.25) is 5.28 Å². The summed E-state index contributed by atoms with van der Waals surface area (Å²) in [5.41, 5.74) is 4.55. The summed E-state index contributed by atoms with van der Waals surface area (Å²) in [6.45, 7) is 7.95. The molecule has 3 aromatic carbocycles. The van der Waals surface area contributed by atoms with E-state index < -0.39 is 0 Å². The maximum atomic E-state index is 6.27. The lowest BCUT2D eigenvalue weighted by atomic mass is 9.92. The highest BCUT2D eigenvalue weighted by Gasteiger charge is 2.17. The van der Waals surface area contributed by atoms with E-state index >= 15 is 0 Å². The number of aromatic nitrogens is 2. The Labute approximate surface area is 151 Å². The van der Waals surface area contributed by atoms with Crippen LogP contribution < -0.4 is 0 Å². The van der Waals surface area contributed by atoms with E-state index in [9.17, 15) is 0 Å². The first-order chi connectivity index (χ1) is 12.2. The normalized spacial score (nSPS) is 10.9. The Morgan fingerprint density at radius 2 is 1.40 bits per heavy atom. The highest BCUT2D eigenvalue weighted by molar-refractivity contribution is 6.29. The van der Waals surface area contributed by atoms with Crippen molar-refractivity contribution in [2.24, 2.45) is 0 Å². The average Bonchev–Trinajstić information content (AvgIpc) is 2.66. The van der Waals surface area contributed by atoms with Gasteiger partial charge in [-0.05, 0) is 27.9 Å². The molecule has 4 rings (SSSR count). The van der Waals surface area contributed by atoms with E-state index in [2.05, 4.69) is 35.3 Å². The smallest absolute Gasteiger partial charge is 0.217 e. The van der Waals surface area contributed by atoms with Crippen LogP contribution in [0.1, 0.15) is 11.1 Å². The van der Waals surface area contributed by atoms with E-state index in [-0.39, 0.29) is 5.28 Å². The van der Waals surface area contributed by atoms with Crippen molar-refractivity contribution in [1.29, 1.82) is 0 Å². The SMILES string of the molecule is C=Cc1c(C=C)c2nc(Cl)nc(-c3ccccc3)c2c2ccccc12. The van der Waals surface area contributed by atoms with Gasteiger partial charge in [0.25, 0.3) is 0 Å². The molecule has 0 radical (unpaired) electrons. The van der Waals surface area contributed by atoms with Crippen LogP contribution in [-0.4, -0.2) is 9.97 Å². The fourth-order valence-electron chi connectivity index (χ4n) is 3.32. The summed E-state index contributed by atoms with van der Waals surface area (Å²) in [6, 6.07) is 18.2. The fraction of sp³-hybridized carbons (Fsp3) is 0. The van der Waals surface area contributed by atoms with Crippen molar-refractivity contribution in [2.45, 2.75) is 0 Å². The molecule has 0 saturated carbocycles. The van der Waals surface area contributed by atoms with Gasteiger partial charge in [0, 0.05) is 16.5 Å². The second kappa shape index (κ2) is 6.15. The van der Waals surface area contributed by atoms with Crippen LogP contribution in [0.2, 0.25) is 5.28 Å². The molecule has 0 aliphatic heterocycles. The predicted molar refractivity (Wildman–Crippen MR) is 108 cm³/mol. The Morgan fingerprint density at radius 1 is 0.760 bits per heavy atom.